The number of carbonyl (C=O) groups excluding carboxylic acids is 1. The van der Waals surface area contributed by atoms with Crippen LogP contribution in [0.5, 0.6) is 0 Å². The van der Waals surface area contributed by atoms with Crippen LogP contribution in [0.25, 0.3) is 0 Å². The van der Waals surface area contributed by atoms with Crippen molar-refractivity contribution in [3.8, 4) is 0 Å². The van der Waals surface area contributed by atoms with Crippen LogP contribution >= 0.6 is 0 Å². The van der Waals surface area contributed by atoms with Crippen LogP contribution in [0, 0.1) is 5.92 Å². The molecule has 0 aliphatic carbocycles. The minimum absolute atomic E-state index is 0.215. The van der Waals surface area contributed by atoms with E-state index >= 15 is 0 Å². The van der Waals surface area contributed by atoms with Gasteiger partial charge in [0.1, 0.15) is 0 Å². The Balaban J connectivity index is 1.56. The Morgan fingerprint density at radius 1 is 1.32 bits per heavy atom. The van der Waals surface area contributed by atoms with E-state index in [2.05, 4.69) is 16.8 Å². The number of likely N-dealkylation sites (tertiary alicyclic amines) is 2. The first kappa shape index (κ1) is 17.7. The predicted octanol–water partition coefficient (Wildman–Crippen LogP) is 1.02. The summed E-state index contributed by atoms with van der Waals surface area (Å²) in [6, 6.07) is 0. The number of aliphatic hydroxyl groups is 1. The number of amides is 1. The van der Waals surface area contributed by atoms with Crippen molar-refractivity contribution >= 4 is 5.91 Å². The van der Waals surface area contributed by atoms with Gasteiger partial charge in [-0.2, -0.15) is 0 Å². The second kappa shape index (κ2) is 8.85. The smallest absolute Gasteiger partial charge is 0.222 e. The highest BCUT2D eigenvalue weighted by molar-refractivity contribution is 5.77. The number of carbonyl (C=O) groups is 1. The van der Waals surface area contributed by atoms with Gasteiger partial charge in [-0.3, -0.25) is 4.79 Å². The maximum Gasteiger partial charge on any atom is 0.222 e. The van der Waals surface area contributed by atoms with Gasteiger partial charge in [-0.25, -0.2) is 0 Å². The van der Waals surface area contributed by atoms with E-state index in [-0.39, 0.29) is 6.10 Å². The lowest BCUT2D eigenvalue weighted by molar-refractivity contribution is -0.127. The van der Waals surface area contributed by atoms with Gasteiger partial charge in [0.2, 0.25) is 5.91 Å². The molecule has 0 aromatic carbocycles. The van der Waals surface area contributed by atoms with E-state index in [0.29, 0.717) is 5.91 Å². The number of β-amino-alcohol motifs (C(OH)–C–C–N with tert-alkyl or cyclic N) is 1. The average Bonchev–Trinajstić information content (AvgIpc) is 2.86. The summed E-state index contributed by atoms with van der Waals surface area (Å²) in [5, 5.41) is 9.44. The lowest BCUT2D eigenvalue weighted by atomic mass is 9.96. The van der Waals surface area contributed by atoms with Crippen LogP contribution in [0.4, 0.5) is 0 Å². The molecule has 0 aromatic rings. The number of rotatable bonds is 8. The van der Waals surface area contributed by atoms with Gasteiger partial charge >= 0.3 is 0 Å². The van der Waals surface area contributed by atoms with Crippen molar-refractivity contribution in [3.05, 3.63) is 0 Å². The molecule has 0 radical (unpaired) electrons. The molecule has 5 heteroatoms. The summed E-state index contributed by atoms with van der Waals surface area (Å²) < 4.78 is 0. The van der Waals surface area contributed by atoms with Gasteiger partial charge < -0.3 is 19.8 Å². The molecule has 2 aliphatic rings. The molecule has 0 saturated carbocycles. The Kier molecular flexibility index (Phi) is 7.12. The van der Waals surface area contributed by atoms with Gasteiger partial charge in [-0.1, -0.05) is 0 Å². The van der Waals surface area contributed by atoms with E-state index in [1.807, 2.05) is 11.8 Å². The number of hydrogen-bond donors (Lipinski definition) is 1. The summed E-state index contributed by atoms with van der Waals surface area (Å²) in [5.74, 6) is 1.12. The van der Waals surface area contributed by atoms with Crippen molar-refractivity contribution in [2.75, 3.05) is 52.9 Å². The van der Waals surface area contributed by atoms with E-state index < -0.39 is 0 Å². The van der Waals surface area contributed by atoms with Crippen molar-refractivity contribution in [2.45, 2.75) is 45.1 Å². The largest absolute Gasteiger partial charge is 0.392 e. The molecule has 0 spiro atoms. The Labute approximate surface area is 135 Å². The summed E-state index contributed by atoms with van der Waals surface area (Å²) in [6.07, 6.45) is 5.14. The SMILES string of the molecule is C[C@H](O)CN1CCC(CN(C)CCCN2CCCC2=O)CC1. The van der Waals surface area contributed by atoms with Crippen molar-refractivity contribution < 1.29 is 9.90 Å². The topological polar surface area (TPSA) is 47.0 Å². The first-order valence-corrected chi connectivity index (χ1v) is 8.91. The highest BCUT2D eigenvalue weighted by Crippen LogP contribution is 2.18. The zero-order valence-corrected chi connectivity index (χ0v) is 14.3. The Hall–Kier alpha value is -0.650. The van der Waals surface area contributed by atoms with Crippen LogP contribution in [0.1, 0.15) is 39.0 Å². The minimum atomic E-state index is -0.215. The summed E-state index contributed by atoms with van der Waals surface area (Å²) in [6.45, 7) is 9.04. The highest BCUT2D eigenvalue weighted by atomic mass is 16.3. The predicted molar refractivity (Wildman–Crippen MR) is 88.8 cm³/mol. The molecule has 1 N–H and O–H groups in total. The highest BCUT2D eigenvalue weighted by Gasteiger charge is 2.22. The molecule has 2 fully saturated rings. The molecule has 2 aliphatic heterocycles. The molecular formula is C17H33N3O2. The van der Waals surface area contributed by atoms with Crippen LogP contribution in [0.2, 0.25) is 0 Å². The third-order valence-electron chi connectivity index (χ3n) is 4.94. The molecule has 22 heavy (non-hydrogen) atoms. The van der Waals surface area contributed by atoms with Crippen LogP contribution < -0.4 is 0 Å². The van der Waals surface area contributed by atoms with Crippen LogP contribution in [0.3, 0.4) is 0 Å². The van der Waals surface area contributed by atoms with Crippen LogP contribution in [-0.2, 0) is 4.79 Å². The first-order chi connectivity index (χ1) is 10.5. The summed E-state index contributed by atoms with van der Waals surface area (Å²) in [7, 11) is 2.20. The van der Waals surface area contributed by atoms with Gasteiger partial charge in [-0.15, -0.1) is 0 Å². The van der Waals surface area contributed by atoms with Crippen molar-refractivity contribution in [3.63, 3.8) is 0 Å². The monoisotopic (exact) mass is 311 g/mol. The molecule has 2 heterocycles. The second-order valence-electron chi connectivity index (χ2n) is 7.19. The fourth-order valence-electron chi connectivity index (χ4n) is 3.73. The molecular weight excluding hydrogens is 278 g/mol. The quantitative estimate of drug-likeness (QED) is 0.727. The average molecular weight is 311 g/mol. The van der Waals surface area contributed by atoms with Gasteiger partial charge in [0.15, 0.2) is 0 Å². The minimum Gasteiger partial charge on any atom is -0.392 e. The molecule has 0 aromatic heterocycles. The van der Waals surface area contributed by atoms with E-state index in [9.17, 15) is 9.90 Å². The Morgan fingerprint density at radius 3 is 2.64 bits per heavy atom. The van der Waals surface area contributed by atoms with Crippen LogP contribution in [-0.4, -0.2) is 84.7 Å². The third kappa shape index (κ3) is 5.86. The van der Waals surface area contributed by atoms with E-state index in [1.54, 1.807) is 0 Å². The second-order valence-corrected chi connectivity index (χ2v) is 7.19. The third-order valence-corrected chi connectivity index (χ3v) is 4.94. The summed E-state index contributed by atoms with van der Waals surface area (Å²) in [4.78, 5) is 18.4. The maximum absolute atomic E-state index is 11.6. The lowest BCUT2D eigenvalue weighted by Crippen LogP contribution is -2.41. The van der Waals surface area contributed by atoms with E-state index in [1.165, 1.54) is 12.8 Å². The number of nitrogens with zero attached hydrogens (tertiary/aromatic N) is 3. The fourth-order valence-corrected chi connectivity index (χ4v) is 3.73. The fraction of sp³-hybridized carbons (Fsp3) is 0.941. The number of hydrogen-bond acceptors (Lipinski definition) is 4. The number of aliphatic hydroxyl groups excluding tert-OH is 1. The van der Waals surface area contributed by atoms with E-state index in [4.69, 9.17) is 0 Å². The molecule has 0 bridgehead atoms. The van der Waals surface area contributed by atoms with E-state index in [0.717, 1.165) is 71.0 Å². The summed E-state index contributed by atoms with van der Waals surface area (Å²) in [5.41, 5.74) is 0. The molecule has 128 valence electrons. The van der Waals surface area contributed by atoms with Crippen molar-refractivity contribution in [1.82, 2.24) is 14.7 Å². The van der Waals surface area contributed by atoms with Gasteiger partial charge in [0, 0.05) is 32.6 Å². The molecule has 5 nitrogen and oxygen atoms in total. The zero-order chi connectivity index (χ0) is 15.9. The Bertz CT molecular complexity index is 341. The van der Waals surface area contributed by atoms with Gasteiger partial charge in [-0.05, 0) is 65.2 Å². The van der Waals surface area contributed by atoms with Crippen LogP contribution in [0.15, 0.2) is 0 Å². The van der Waals surface area contributed by atoms with Crippen molar-refractivity contribution in [2.24, 2.45) is 5.92 Å². The lowest BCUT2D eigenvalue weighted by Gasteiger charge is -2.34. The molecule has 0 unspecified atom stereocenters. The maximum atomic E-state index is 11.6. The summed E-state index contributed by atoms with van der Waals surface area (Å²) >= 11 is 0. The van der Waals surface area contributed by atoms with Gasteiger partial charge in [0.25, 0.3) is 0 Å². The zero-order valence-electron chi connectivity index (χ0n) is 14.3. The normalized spacial score (nSPS) is 22.7. The van der Waals surface area contributed by atoms with Crippen molar-refractivity contribution in [1.29, 1.82) is 0 Å². The Morgan fingerprint density at radius 2 is 2.05 bits per heavy atom. The molecule has 2 saturated heterocycles. The first-order valence-electron chi connectivity index (χ1n) is 8.91. The molecule has 1 atom stereocenters. The molecule has 2 rings (SSSR count). The van der Waals surface area contributed by atoms with Gasteiger partial charge in [0.05, 0.1) is 6.10 Å². The number of piperidine rings is 1. The molecule has 1 amide bonds. The standard InChI is InChI=1S/C17H33N3O2/c1-15(21)13-19-11-6-16(7-12-19)14-18(2)8-4-10-20-9-3-5-17(20)22/h15-16,21H,3-14H2,1-2H3/t15-/m0/s1.